The van der Waals surface area contributed by atoms with Crippen LogP contribution in [0.5, 0.6) is 0 Å². The average molecular weight is 176 g/mol. The molecule has 3 heteroatoms. The van der Waals surface area contributed by atoms with Crippen molar-refractivity contribution < 1.29 is 0 Å². The number of nitrogens with zero attached hydrogens (tertiary/aromatic N) is 1. The molecule has 1 atom stereocenters. The zero-order valence-electron chi connectivity index (χ0n) is 7.58. The summed E-state index contributed by atoms with van der Waals surface area (Å²) >= 11 is 0. The minimum Gasteiger partial charge on any atom is -0.397 e. The van der Waals surface area contributed by atoms with Gasteiger partial charge in [0.25, 0.3) is 0 Å². The number of benzene rings is 1. The summed E-state index contributed by atoms with van der Waals surface area (Å²) in [4.78, 5) is 10.4. The maximum absolute atomic E-state index is 10.4. The van der Waals surface area contributed by atoms with Crippen LogP contribution in [0, 0.1) is 10.8 Å². The predicted molar refractivity (Wildman–Crippen MR) is 52.9 cm³/mol. The first-order chi connectivity index (χ1) is 6.20. The van der Waals surface area contributed by atoms with Crippen molar-refractivity contribution in [2.75, 3.05) is 5.73 Å². The number of hydrogen-bond donors (Lipinski definition) is 1. The summed E-state index contributed by atoms with van der Waals surface area (Å²) in [7, 11) is 0. The van der Waals surface area contributed by atoms with E-state index in [0.717, 1.165) is 12.8 Å². The molecule has 0 radical (unpaired) electrons. The molecule has 2 N–H and O–H groups in total. The monoisotopic (exact) mass is 176 g/mol. The molecule has 0 spiro atoms. The van der Waals surface area contributed by atoms with Crippen molar-refractivity contribution in [2.45, 2.75) is 19.8 Å². The second-order valence-corrected chi connectivity index (χ2v) is 3.78. The first kappa shape index (κ1) is 8.23. The van der Waals surface area contributed by atoms with Crippen LogP contribution in [0.3, 0.4) is 0 Å². The van der Waals surface area contributed by atoms with Gasteiger partial charge in [0.1, 0.15) is 5.69 Å². The van der Waals surface area contributed by atoms with Crippen molar-refractivity contribution in [3.63, 3.8) is 0 Å². The predicted octanol–water partition coefficient (Wildman–Crippen LogP) is 2.40. The summed E-state index contributed by atoms with van der Waals surface area (Å²) in [5.41, 5.74) is 9.05. The van der Waals surface area contributed by atoms with Gasteiger partial charge in [-0.2, -0.15) is 0 Å². The average Bonchev–Trinajstić information content (AvgIpc) is 2.42. The number of hydrogen-bond acceptors (Lipinski definition) is 3. The quantitative estimate of drug-likeness (QED) is 0.527. The molecule has 0 fully saturated rings. The van der Waals surface area contributed by atoms with Crippen molar-refractivity contribution in [1.82, 2.24) is 0 Å². The van der Waals surface area contributed by atoms with Crippen molar-refractivity contribution in [3.05, 3.63) is 28.2 Å². The number of nitrogen functional groups attached to an aromatic ring is 1. The van der Waals surface area contributed by atoms with Gasteiger partial charge in [-0.3, -0.25) is 0 Å². The standard InChI is InChI=1S/C10H12N2O/c1-6-2-7-4-9(11)10(12-13)5-8(7)3-6/h4-6H,2-3,11H2,1H3. The molecule has 0 heterocycles. The van der Waals surface area contributed by atoms with Gasteiger partial charge in [0.15, 0.2) is 0 Å². The molecule has 1 unspecified atom stereocenters. The van der Waals surface area contributed by atoms with Crippen molar-refractivity contribution in [1.29, 1.82) is 0 Å². The van der Waals surface area contributed by atoms with Gasteiger partial charge < -0.3 is 5.73 Å². The van der Waals surface area contributed by atoms with E-state index in [1.807, 2.05) is 12.1 Å². The molecule has 68 valence electrons. The fourth-order valence-electron chi connectivity index (χ4n) is 1.98. The highest BCUT2D eigenvalue weighted by molar-refractivity contribution is 5.66. The highest BCUT2D eigenvalue weighted by Crippen LogP contribution is 2.33. The first-order valence-corrected chi connectivity index (χ1v) is 4.45. The normalized spacial score (nSPS) is 19.9. The smallest absolute Gasteiger partial charge is 0.131 e. The number of anilines is 1. The second-order valence-electron chi connectivity index (χ2n) is 3.78. The fourth-order valence-corrected chi connectivity index (χ4v) is 1.98. The Kier molecular flexibility index (Phi) is 1.79. The first-order valence-electron chi connectivity index (χ1n) is 4.45. The Morgan fingerprint density at radius 2 is 2.00 bits per heavy atom. The number of fused-ring (bicyclic) bond motifs is 1. The van der Waals surface area contributed by atoms with Crippen molar-refractivity contribution in [3.8, 4) is 0 Å². The van der Waals surface area contributed by atoms with E-state index < -0.39 is 0 Å². The Bertz CT molecular complexity index is 360. The molecule has 1 aromatic rings. The van der Waals surface area contributed by atoms with Crippen LogP contribution in [-0.4, -0.2) is 0 Å². The van der Waals surface area contributed by atoms with E-state index in [4.69, 9.17) is 5.73 Å². The molecule has 13 heavy (non-hydrogen) atoms. The van der Waals surface area contributed by atoms with Gasteiger partial charge in [-0.1, -0.05) is 6.92 Å². The summed E-state index contributed by atoms with van der Waals surface area (Å²) in [5, 5.41) is 2.90. The zero-order valence-corrected chi connectivity index (χ0v) is 7.58. The van der Waals surface area contributed by atoms with E-state index in [2.05, 4.69) is 12.1 Å². The summed E-state index contributed by atoms with van der Waals surface area (Å²) in [6, 6.07) is 3.71. The van der Waals surface area contributed by atoms with E-state index in [9.17, 15) is 4.91 Å². The summed E-state index contributed by atoms with van der Waals surface area (Å²) in [6.45, 7) is 2.20. The van der Waals surface area contributed by atoms with Crippen LogP contribution < -0.4 is 5.73 Å². The third-order valence-electron chi connectivity index (χ3n) is 2.58. The van der Waals surface area contributed by atoms with Gasteiger partial charge in [0.05, 0.1) is 5.69 Å². The van der Waals surface area contributed by atoms with Crippen LogP contribution in [-0.2, 0) is 12.8 Å². The van der Waals surface area contributed by atoms with E-state index >= 15 is 0 Å². The Hall–Kier alpha value is -1.38. The third-order valence-corrected chi connectivity index (χ3v) is 2.58. The topological polar surface area (TPSA) is 55.4 Å². The van der Waals surface area contributed by atoms with Crippen LogP contribution in [0.25, 0.3) is 0 Å². The summed E-state index contributed by atoms with van der Waals surface area (Å²) in [5.74, 6) is 0.663. The zero-order chi connectivity index (χ0) is 9.42. The SMILES string of the molecule is CC1Cc2cc(N)c(N=O)cc2C1. The summed E-state index contributed by atoms with van der Waals surface area (Å²) in [6.07, 6.45) is 2.11. The van der Waals surface area contributed by atoms with Crippen LogP contribution >= 0.6 is 0 Å². The lowest BCUT2D eigenvalue weighted by molar-refractivity contribution is 0.628. The van der Waals surface area contributed by atoms with E-state index in [0.29, 0.717) is 17.3 Å². The largest absolute Gasteiger partial charge is 0.397 e. The summed E-state index contributed by atoms with van der Waals surface area (Å²) < 4.78 is 0. The molecule has 1 aromatic carbocycles. The second kappa shape index (κ2) is 2.83. The molecular weight excluding hydrogens is 164 g/mol. The van der Waals surface area contributed by atoms with Gasteiger partial charge in [-0.05, 0) is 47.2 Å². The van der Waals surface area contributed by atoms with Crippen LogP contribution in [0.15, 0.2) is 17.3 Å². The maximum atomic E-state index is 10.4. The Labute approximate surface area is 76.9 Å². The lowest BCUT2D eigenvalue weighted by Crippen LogP contribution is -1.90. The van der Waals surface area contributed by atoms with Gasteiger partial charge in [0, 0.05) is 0 Å². The number of nitrogens with two attached hydrogens (primary N) is 1. The highest BCUT2D eigenvalue weighted by Gasteiger charge is 2.19. The minimum atomic E-state index is 0.382. The van der Waals surface area contributed by atoms with Crippen LogP contribution in [0.2, 0.25) is 0 Å². The highest BCUT2D eigenvalue weighted by atomic mass is 16.3. The number of rotatable bonds is 1. The Morgan fingerprint density at radius 3 is 2.62 bits per heavy atom. The molecule has 1 aliphatic carbocycles. The molecule has 0 amide bonds. The van der Waals surface area contributed by atoms with E-state index in [1.54, 1.807) is 0 Å². The fraction of sp³-hybridized carbons (Fsp3) is 0.400. The molecule has 0 saturated carbocycles. The van der Waals surface area contributed by atoms with Crippen LogP contribution in [0.4, 0.5) is 11.4 Å². The molecule has 2 rings (SSSR count). The van der Waals surface area contributed by atoms with Gasteiger partial charge in [0.2, 0.25) is 0 Å². The van der Waals surface area contributed by atoms with Gasteiger partial charge >= 0.3 is 0 Å². The molecule has 1 aliphatic rings. The number of nitroso groups, excluding NO2 is 1. The van der Waals surface area contributed by atoms with Crippen molar-refractivity contribution in [2.24, 2.45) is 11.1 Å². The third kappa shape index (κ3) is 1.30. The molecular formula is C10H12N2O. The molecule has 0 saturated heterocycles. The maximum Gasteiger partial charge on any atom is 0.131 e. The molecule has 0 aliphatic heterocycles. The van der Waals surface area contributed by atoms with E-state index in [1.165, 1.54) is 11.1 Å². The Balaban J connectivity index is 2.50. The Morgan fingerprint density at radius 1 is 1.38 bits per heavy atom. The molecule has 3 nitrogen and oxygen atoms in total. The molecule has 0 bridgehead atoms. The lowest BCUT2D eigenvalue weighted by atomic mass is 10.1. The molecule has 0 aromatic heterocycles. The van der Waals surface area contributed by atoms with Crippen molar-refractivity contribution >= 4 is 11.4 Å². The van der Waals surface area contributed by atoms with E-state index in [-0.39, 0.29) is 0 Å². The van der Waals surface area contributed by atoms with Gasteiger partial charge in [-0.15, -0.1) is 4.91 Å². The lowest BCUT2D eigenvalue weighted by Gasteiger charge is -2.01. The van der Waals surface area contributed by atoms with Gasteiger partial charge in [-0.25, -0.2) is 0 Å². The minimum absolute atomic E-state index is 0.382. The van der Waals surface area contributed by atoms with Crippen LogP contribution in [0.1, 0.15) is 18.1 Å².